The van der Waals surface area contributed by atoms with Crippen molar-refractivity contribution >= 4 is 50.2 Å². The third-order valence-electron chi connectivity index (χ3n) is 6.75. The highest BCUT2D eigenvalue weighted by atomic mass is 32.2. The molecule has 3 aromatic carbocycles. The van der Waals surface area contributed by atoms with Crippen LogP contribution in [0.15, 0.2) is 82.1 Å². The van der Waals surface area contributed by atoms with Crippen LogP contribution in [-0.2, 0) is 24.4 Å². The molecule has 1 aromatic heterocycles. The van der Waals surface area contributed by atoms with Gasteiger partial charge in [-0.2, -0.15) is 4.31 Å². The smallest absolute Gasteiger partial charge is 0.252 e. The molecule has 1 N–H and O–H groups in total. The second-order valence-corrected chi connectivity index (χ2v) is 11.4. The number of imide groups is 1. The molecule has 39 heavy (non-hydrogen) atoms. The molecule has 10 nitrogen and oxygen atoms in total. The molecule has 11 heteroatoms. The van der Waals surface area contributed by atoms with Crippen LogP contribution in [0.1, 0.15) is 26.2 Å². The Kier molecular flexibility index (Phi) is 6.04. The Morgan fingerprint density at radius 3 is 2.33 bits per heavy atom. The number of carbonyl (C=O) groups is 3. The van der Waals surface area contributed by atoms with Crippen molar-refractivity contribution in [3.05, 3.63) is 72.8 Å². The number of hydrogen-bond donors (Lipinski definition) is 1. The van der Waals surface area contributed by atoms with Crippen LogP contribution in [0.2, 0.25) is 0 Å². The van der Waals surface area contributed by atoms with Crippen molar-refractivity contribution in [1.29, 1.82) is 0 Å². The highest BCUT2D eigenvalue weighted by Gasteiger charge is 2.51. The molecular formula is C28H24N4O6S. The zero-order chi connectivity index (χ0) is 27.3. The molecule has 3 amide bonds. The van der Waals surface area contributed by atoms with Gasteiger partial charge < -0.3 is 9.73 Å². The molecule has 1 atom stereocenters. The van der Waals surface area contributed by atoms with Crippen LogP contribution in [0.25, 0.3) is 22.6 Å². The first kappa shape index (κ1) is 25.0. The standard InChI is InChI=1S/C28H24N4O6S/c1-17(33)29-19-8-14-22(15-9-19)39(36,37)32(21-12-13-21)24-16-26(34)31(28(24)35)20-10-6-18(7-11-20)27-30-23-4-2-3-5-25(23)38-27/h2-11,14-15,21,24H,12-13,16H2,1H3,(H,29,33). The first-order valence-electron chi connectivity index (χ1n) is 12.5. The van der Waals surface area contributed by atoms with Gasteiger partial charge >= 0.3 is 0 Å². The van der Waals surface area contributed by atoms with Gasteiger partial charge in [-0.1, -0.05) is 12.1 Å². The second kappa shape index (κ2) is 9.44. The zero-order valence-corrected chi connectivity index (χ0v) is 21.7. The lowest BCUT2D eigenvalue weighted by Gasteiger charge is -2.27. The van der Waals surface area contributed by atoms with E-state index in [4.69, 9.17) is 4.42 Å². The predicted molar refractivity (Wildman–Crippen MR) is 143 cm³/mol. The number of benzene rings is 3. The average Bonchev–Trinajstić information content (AvgIpc) is 3.57. The molecule has 2 heterocycles. The minimum Gasteiger partial charge on any atom is -0.436 e. The fourth-order valence-corrected chi connectivity index (χ4v) is 6.64. The highest BCUT2D eigenvalue weighted by Crippen LogP contribution is 2.38. The lowest BCUT2D eigenvalue weighted by molar-refractivity contribution is -0.122. The number of amides is 3. The molecule has 0 spiro atoms. The summed E-state index contributed by atoms with van der Waals surface area (Å²) in [6.07, 6.45) is 0.978. The van der Waals surface area contributed by atoms with Gasteiger partial charge in [-0.05, 0) is 73.5 Å². The monoisotopic (exact) mass is 544 g/mol. The van der Waals surface area contributed by atoms with E-state index in [0.717, 1.165) is 10.4 Å². The van der Waals surface area contributed by atoms with Crippen LogP contribution in [0.3, 0.4) is 0 Å². The number of nitrogens with zero attached hydrogens (tertiary/aromatic N) is 3. The Balaban J connectivity index is 1.26. The molecule has 198 valence electrons. The summed E-state index contributed by atoms with van der Waals surface area (Å²) in [5, 5.41) is 2.60. The largest absolute Gasteiger partial charge is 0.436 e. The molecule has 2 fully saturated rings. The Labute approximate surface area is 224 Å². The van der Waals surface area contributed by atoms with Crippen LogP contribution >= 0.6 is 0 Å². The van der Waals surface area contributed by atoms with Crippen molar-refractivity contribution in [3.63, 3.8) is 0 Å². The van der Waals surface area contributed by atoms with E-state index in [1.165, 1.54) is 35.5 Å². The van der Waals surface area contributed by atoms with Gasteiger partial charge in [0.1, 0.15) is 11.6 Å². The van der Waals surface area contributed by atoms with Crippen LogP contribution in [0.4, 0.5) is 11.4 Å². The number of anilines is 2. The van der Waals surface area contributed by atoms with Crippen LogP contribution in [-0.4, -0.2) is 47.5 Å². The SMILES string of the molecule is CC(=O)Nc1ccc(S(=O)(=O)N(C2CC2)C2CC(=O)N(c3ccc(-c4nc5ccccc5o4)cc3)C2=O)cc1. The summed E-state index contributed by atoms with van der Waals surface area (Å²) in [7, 11) is -4.08. The number of nitrogens with one attached hydrogen (secondary N) is 1. The summed E-state index contributed by atoms with van der Waals surface area (Å²) in [4.78, 5) is 43.4. The molecule has 6 rings (SSSR count). The Hall–Kier alpha value is -4.35. The fourth-order valence-electron chi connectivity index (χ4n) is 4.82. The molecule has 1 unspecified atom stereocenters. The van der Waals surface area contributed by atoms with E-state index in [9.17, 15) is 22.8 Å². The number of para-hydroxylation sites is 2. The topological polar surface area (TPSA) is 130 Å². The molecule has 2 aliphatic rings. The van der Waals surface area contributed by atoms with Gasteiger partial charge in [0.2, 0.25) is 27.7 Å². The third-order valence-corrected chi connectivity index (χ3v) is 8.73. The predicted octanol–water partition coefficient (Wildman–Crippen LogP) is 3.94. The lowest BCUT2D eigenvalue weighted by Crippen LogP contribution is -2.46. The number of rotatable bonds is 7. The highest BCUT2D eigenvalue weighted by molar-refractivity contribution is 7.89. The van der Waals surface area contributed by atoms with Gasteiger partial charge in [0.25, 0.3) is 5.91 Å². The van der Waals surface area contributed by atoms with Crippen molar-refractivity contribution in [1.82, 2.24) is 9.29 Å². The zero-order valence-electron chi connectivity index (χ0n) is 20.9. The number of sulfonamides is 1. The van der Waals surface area contributed by atoms with Gasteiger partial charge in [-0.25, -0.2) is 18.3 Å². The van der Waals surface area contributed by atoms with E-state index in [1.54, 1.807) is 24.3 Å². The Bertz CT molecular complexity index is 1680. The first-order valence-corrected chi connectivity index (χ1v) is 13.9. The lowest BCUT2D eigenvalue weighted by atomic mass is 10.2. The van der Waals surface area contributed by atoms with Crippen molar-refractivity contribution in [3.8, 4) is 11.5 Å². The van der Waals surface area contributed by atoms with Gasteiger partial charge in [0.15, 0.2) is 5.58 Å². The third kappa shape index (κ3) is 4.59. The molecule has 1 saturated carbocycles. The maximum atomic E-state index is 13.6. The summed E-state index contributed by atoms with van der Waals surface area (Å²) in [6.45, 7) is 1.36. The van der Waals surface area contributed by atoms with Crippen molar-refractivity contribution in [2.75, 3.05) is 10.2 Å². The number of fused-ring (bicyclic) bond motifs is 1. The number of carbonyl (C=O) groups excluding carboxylic acids is 3. The number of oxazole rings is 1. The van der Waals surface area contributed by atoms with Gasteiger partial charge in [-0.15, -0.1) is 0 Å². The summed E-state index contributed by atoms with van der Waals surface area (Å²) in [6, 6.07) is 18.3. The Morgan fingerprint density at radius 2 is 1.69 bits per heavy atom. The molecule has 1 aliphatic heterocycles. The molecular weight excluding hydrogens is 520 g/mol. The summed E-state index contributed by atoms with van der Waals surface area (Å²) >= 11 is 0. The van der Waals surface area contributed by atoms with Gasteiger partial charge in [-0.3, -0.25) is 14.4 Å². The quantitative estimate of drug-likeness (QED) is 0.349. The van der Waals surface area contributed by atoms with E-state index >= 15 is 0 Å². The van der Waals surface area contributed by atoms with Crippen LogP contribution in [0.5, 0.6) is 0 Å². The van der Waals surface area contributed by atoms with E-state index in [1.807, 2.05) is 24.3 Å². The van der Waals surface area contributed by atoms with Crippen LogP contribution < -0.4 is 10.2 Å². The van der Waals surface area contributed by atoms with E-state index in [-0.39, 0.29) is 23.3 Å². The molecule has 0 bridgehead atoms. The van der Waals surface area contributed by atoms with E-state index in [2.05, 4.69) is 10.3 Å². The van der Waals surface area contributed by atoms with Gasteiger partial charge in [0, 0.05) is 24.2 Å². The second-order valence-electron chi connectivity index (χ2n) is 9.59. The maximum absolute atomic E-state index is 13.6. The summed E-state index contributed by atoms with van der Waals surface area (Å²) in [5.74, 6) is -0.918. The number of aromatic nitrogens is 1. The van der Waals surface area contributed by atoms with Crippen molar-refractivity contribution in [2.45, 2.75) is 43.2 Å². The molecule has 1 aliphatic carbocycles. The number of hydrogen-bond acceptors (Lipinski definition) is 7. The summed E-state index contributed by atoms with van der Waals surface area (Å²) in [5.41, 5.74) is 2.85. The first-order chi connectivity index (χ1) is 18.7. The minimum absolute atomic E-state index is 0.00936. The van der Waals surface area contributed by atoms with E-state index in [0.29, 0.717) is 41.3 Å². The Morgan fingerprint density at radius 1 is 1.00 bits per heavy atom. The minimum atomic E-state index is -4.08. The van der Waals surface area contributed by atoms with Gasteiger partial charge in [0.05, 0.1) is 17.0 Å². The molecule has 4 aromatic rings. The molecule has 0 radical (unpaired) electrons. The fraction of sp³-hybridized carbons (Fsp3) is 0.214. The van der Waals surface area contributed by atoms with Crippen molar-refractivity contribution < 1.29 is 27.2 Å². The maximum Gasteiger partial charge on any atom is 0.252 e. The van der Waals surface area contributed by atoms with Crippen LogP contribution in [0, 0.1) is 0 Å². The van der Waals surface area contributed by atoms with E-state index < -0.39 is 27.9 Å². The normalized spacial score (nSPS) is 17.8. The average molecular weight is 545 g/mol. The molecule has 1 saturated heterocycles. The summed E-state index contributed by atoms with van der Waals surface area (Å²) < 4.78 is 34.3. The van der Waals surface area contributed by atoms with Crippen molar-refractivity contribution in [2.24, 2.45) is 0 Å².